The van der Waals surface area contributed by atoms with Gasteiger partial charge >= 0.3 is 0 Å². The van der Waals surface area contributed by atoms with Crippen molar-refractivity contribution in [2.75, 3.05) is 0 Å². The maximum atomic E-state index is 13.6. The third-order valence-electron chi connectivity index (χ3n) is 8.89. The lowest BCUT2D eigenvalue weighted by Crippen LogP contribution is -2.30. The minimum absolute atomic E-state index is 0.0286. The van der Waals surface area contributed by atoms with E-state index < -0.39 is 0 Å². The van der Waals surface area contributed by atoms with Crippen LogP contribution in [0.3, 0.4) is 0 Å². The number of Topliss-reactive ketones (excluding diaryl/α,β-unsaturated/α-hetero) is 3. The first-order chi connectivity index (χ1) is 19.6. The molecular weight excluding hydrogens is 504 g/mol. The highest BCUT2D eigenvalue weighted by Crippen LogP contribution is 2.41. The average Bonchev–Trinajstić information content (AvgIpc) is 2.92. The third kappa shape index (κ3) is 8.97. The van der Waals surface area contributed by atoms with E-state index in [1.807, 2.05) is 0 Å². The lowest BCUT2D eigenvalue weighted by Gasteiger charge is -2.33. The molecule has 0 N–H and O–H groups in total. The number of aryl methyl sites for hydroxylation is 2. The van der Waals surface area contributed by atoms with Crippen molar-refractivity contribution in [1.29, 1.82) is 0 Å². The molecule has 0 spiro atoms. The van der Waals surface area contributed by atoms with Crippen LogP contribution in [-0.2, 0) is 22.4 Å². The molecule has 3 rings (SSSR count). The molecule has 2 aromatic rings. The number of rotatable bonds is 13. The summed E-state index contributed by atoms with van der Waals surface area (Å²) in [7, 11) is 0. The zero-order chi connectivity index (χ0) is 30.7. The second kappa shape index (κ2) is 16.8. The van der Waals surface area contributed by atoms with Crippen molar-refractivity contribution in [2.45, 2.75) is 132 Å². The molecule has 0 saturated heterocycles. The molecule has 3 heteroatoms. The molecule has 0 bridgehead atoms. The van der Waals surface area contributed by atoms with Gasteiger partial charge in [0.25, 0.3) is 0 Å². The molecule has 0 heterocycles. The van der Waals surface area contributed by atoms with Gasteiger partial charge in [0.2, 0.25) is 0 Å². The van der Waals surface area contributed by atoms with Crippen LogP contribution in [0.1, 0.15) is 145 Å². The molecule has 4 unspecified atom stereocenters. The van der Waals surface area contributed by atoms with Gasteiger partial charge in [0.15, 0.2) is 5.78 Å². The third-order valence-corrected chi connectivity index (χ3v) is 8.89. The predicted octanol–water partition coefficient (Wildman–Crippen LogP) is 10.3. The first-order valence-electron chi connectivity index (χ1n) is 16.4. The Balaban J connectivity index is 0.00000187. The molecule has 0 radical (unpaired) electrons. The molecule has 41 heavy (non-hydrogen) atoms. The summed E-state index contributed by atoms with van der Waals surface area (Å²) in [6.45, 7) is 18.7. The van der Waals surface area contributed by atoms with E-state index in [9.17, 15) is 14.4 Å². The molecule has 0 amide bonds. The summed E-state index contributed by atoms with van der Waals surface area (Å²) in [5.41, 5.74) is 8.33. The standard InChI is InChI=1S/C35H48O3.C3H8/c1-8-12-28(29(11-4)33(37)17-24(7)36)18-25-19-32-30(16-13-23(6)35(32)34(38)20-25)31-21-27(22(5)9-2)15-14-26(31)10-3;1-3-2/h13-16,21-22,25,28-29H,8-12,17-20H2,1-7H3;3H2,1-2H3. The Bertz CT molecular complexity index is 1170. The maximum Gasteiger partial charge on any atom is 0.163 e. The van der Waals surface area contributed by atoms with Gasteiger partial charge < -0.3 is 0 Å². The quantitative estimate of drug-likeness (QED) is 0.229. The van der Waals surface area contributed by atoms with E-state index >= 15 is 0 Å². The van der Waals surface area contributed by atoms with Crippen LogP contribution in [0.2, 0.25) is 0 Å². The number of benzene rings is 2. The molecule has 1 aliphatic rings. The van der Waals surface area contributed by atoms with Crippen molar-refractivity contribution < 1.29 is 14.4 Å². The minimum Gasteiger partial charge on any atom is -0.300 e. The van der Waals surface area contributed by atoms with Gasteiger partial charge in [-0.25, -0.2) is 0 Å². The van der Waals surface area contributed by atoms with E-state index in [1.165, 1.54) is 41.2 Å². The molecule has 0 saturated carbocycles. The average molecular weight is 561 g/mol. The van der Waals surface area contributed by atoms with Crippen molar-refractivity contribution in [3.05, 3.63) is 58.1 Å². The van der Waals surface area contributed by atoms with Gasteiger partial charge in [-0.3, -0.25) is 14.4 Å². The highest BCUT2D eigenvalue weighted by atomic mass is 16.1. The molecule has 0 aromatic heterocycles. The van der Waals surface area contributed by atoms with E-state index in [1.54, 1.807) is 0 Å². The van der Waals surface area contributed by atoms with Crippen LogP contribution in [0.15, 0.2) is 30.3 Å². The number of carbonyl (C=O) groups is 3. The molecule has 226 valence electrons. The van der Waals surface area contributed by atoms with Crippen molar-refractivity contribution in [3.63, 3.8) is 0 Å². The summed E-state index contributed by atoms with van der Waals surface area (Å²) in [4.78, 5) is 38.3. The first kappa shape index (κ1) is 34.7. The van der Waals surface area contributed by atoms with Crippen LogP contribution in [0.25, 0.3) is 11.1 Å². The first-order valence-corrected chi connectivity index (χ1v) is 16.4. The Labute approximate surface area is 250 Å². The zero-order valence-corrected chi connectivity index (χ0v) is 27.5. The molecule has 0 fully saturated rings. The maximum absolute atomic E-state index is 13.6. The molecule has 4 atom stereocenters. The second-order valence-electron chi connectivity index (χ2n) is 12.4. The molecule has 0 aliphatic heterocycles. The summed E-state index contributed by atoms with van der Waals surface area (Å²) in [5, 5.41) is 0. The van der Waals surface area contributed by atoms with Gasteiger partial charge in [0.1, 0.15) is 11.6 Å². The van der Waals surface area contributed by atoms with E-state index in [0.717, 1.165) is 56.1 Å². The fourth-order valence-electron chi connectivity index (χ4n) is 6.69. The molecule has 3 nitrogen and oxygen atoms in total. The van der Waals surface area contributed by atoms with Gasteiger partial charge in [-0.1, -0.05) is 98.1 Å². The fourth-order valence-corrected chi connectivity index (χ4v) is 6.69. The van der Waals surface area contributed by atoms with Crippen LogP contribution in [-0.4, -0.2) is 17.3 Å². The molecular formula is C38H56O3. The summed E-state index contributed by atoms with van der Waals surface area (Å²) in [6.07, 6.45) is 8.30. The fraction of sp³-hybridized carbons (Fsp3) is 0.605. The Kier molecular flexibility index (Phi) is 14.2. The normalized spacial score (nSPS) is 16.7. The Hall–Kier alpha value is -2.55. The van der Waals surface area contributed by atoms with Gasteiger partial charge in [-0.15, -0.1) is 0 Å². The number of hydrogen-bond acceptors (Lipinski definition) is 3. The highest BCUT2D eigenvalue weighted by molar-refractivity contribution is 6.02. The summed E-state index contributed by atoms with van der Waals surface area (Å²) < 4.78 is 0. The summed E-state index contributed by atoms with van der Waals surface area (Å²) in [5.74, 6) is 1.07. The predicted molar refractivity (Wildman–Crippen MR) is 174 cm³/mol. The van der Waals surface area contributed by atoms with Gasteiger partial charge in [-0.05, 0) is 97.1 Å². The Morgan fingerprint density at radius 1 is 0.927 bits per heavy atom. The summed E-state index contributed by atoms with van der Waals surface area (Å²) >= 11 is 0. The van der Waals surface area contributed by atoms with Gasteiger partial charge in [0, 0.05) is 17.9 Å². The zero-order valence-electron chi connectivity index (χ0n) is 27.5. The molecule has 2 aromatic carbocycles. The van der Waals surface area contributed by atoms with Crippen LogP contribution in [0, 0.1) is 24.7 Å². The monoisotopic (exact) mass is 560 g/mol. The van der Waals surface area contributed by atoms with Gasteiger partial charge in [-0.2, -0.15) is 0 Å². The van der Waals surface area contributed by atoms with Crippen molar-refractivity contribution in [2.24, 2.45) is 17.8 Å². The largest absolute Gasteiger partial charge is 0.300 e. The second-order valence-corrected chi connectivity index (χ2v) is 12.4. The van der Waals surface area contributed by atoms with Crippen molar-refractivity contribution in [1.82, 2.24) is 0 Å². The van der Waals surface area contributed by atoms with E-state index in [-0.39, 0.29) is 41.5 Å². The Morgan fingerprint density at radius 2 is 1.61 bits per heavy atom. The van der Waals surface area contributed by atoms with E-state index in [4.69, 9.17) is 0 Å². The van der Waals surface area contributed by atoms with Crippen LogP contribution in [0.5, 0.6) is 0 Å². The van der Waals surface area contributed by atoms with Crippen molar-refractivity contribution >= 4 is 17.3 Å². The number of ketones is 3. The number of fused-ring (bicyclic) bond motifs is 1. The number of carbonyl (C=O) groups excluding carboxylic acids is 3. The molecule has 1 aliphatic carbocycles. The summed E-state index contributed by atoms with van der Waals surface area (Å²) in [6, 6.07) is 11.3. The lowest BCUT2D eigenvalue weighted by atomic mass is 9.71. The van der Waals surface area contributed by atoms with Gasteiger partial charge in [0.05, 0.1) is 6.42 Å². The van der Waals surface area contributed by atoms with Crippen LogP contribution >= 0.6 is 0 Å². The highest BCUT2D eigenvalue weighted by Gasteiger charge is 2.34. The number of hydrogen-bond donors (Lipinski definition) is 0. The van der Waals surface area contributed by atoms with Crippen molar-refractivity contribution in [3.8, 4) is 11.1 Å². The minimum atomic E-state index is -0.105. The smallest absolute Gasteiger partial charge is 0.163 e. The SMILES string of the molecule is CCC.CCCC(CC1CC(=O)c2c(C)ccc(-c3cc(C(C)CC)ccc3CC)c2C1)C(CC)C(=O)CC(C)=O. The van der Waals surface area contributed by atoms with Crippen LogP contribution in [0.4, 0.5) is 0 Å². The van der Waals surface area contributed by atoms with Crippen LogP contribution < -0.4 is 0 Å². The Morgan fingerprint density at radius 3 is 2.17 bits per heavy atom. The lowest BCUT2D eigenvalue weighted by molar-refractivity contribution is -0.129. The topological polar surface area (TPSA) is 51.2 Å². The van der Waals surface area contributed by atoms with E-state index in [2.05, 4.69) is 85.7 Å². The van der Waals surface area contributed by atoms with E-state index in [0.29, 0.717) is 12.3 Å².